The number of nitrogens with one attached hydrogen (secondary N) is 1. The fourth-order valence-corrected chi connectivity index (χ4v) is 1.60. The molecule has 0 saturated heterocycles. The number of hydrogen-bond acceptors (Lipinski definition) is 2. The Morgan fingerprint density at radius 2 is 1.79 bits per heavy atom. The second kappa shape index (κ2) is 7.13. The SMILES string of the molecule is NC(=O)c1ccc(CNCCCCC(F)(F)F)cc1. The van der Waals surface area contributed by atoms with Crippen molar-refractivity contribution >= 4 is 5.91 Å². The van der Waals surface area contributed by atoms with Crippen LogP contribution < -0.4 is 11.1 Å². The molecule has 0 unspecified atom stereocenters. The molecule has 106 valence electrons. The highest BCUT2D eigenvalue weighted by molar-refractivity contribution is 5.92. The number of benzene rings is 1. The maximum atomic E-state index is 11.9. The van der Waals surface area contributed by atoms with E-state index < -0.39 is 18.5 Å². The van der Waals surface area contributed by atoms with Crippen LogP contribution in [0.5, 0.6) is 0 Å². The van der Waals surface area contributed by atoms with Crippen molar-refractivity contribution in [1.29, 1.82) is 0 Å². The van der Waals surface area contributed by atoms with Crippen LogP contribution in [0.3, 0.4) is 0 Å². The summed E-state index contributed by atoms with van der Waals surface area (Å²) in [5, 5.41) is 3.05. The lowest BCUT2D eigenvalue weighted by Gasteiger charge is -2.07. The number of amides is 1. The van der Waals surface area contributed by atoms with Crippen LogP contribution in [-0.4, -0.2) is 18.6 Å². The molecule has 0 aromatic heterocycles. The van der Waals surface area contributed by atoms with Crippen molar-refractivity contribution in [1.82, 2.24) is 5.32 Å². The van der Waals surface area contributed by atoms with E-state index in [9.17, 15) is 18.0 Å². The Hall–Kier alpha value is -1.56. The van der Waals surface area contributed by atoms with Gasteiger partial charge in [0.05, 0.1) is 0 Å². The second-order valence-corrected chi connectivity index (χ2v) is 4.31. The Labute approximate surface area is 110 Å². The summed E-state index contributed by atoms with van der Waals surface area (Å²) in [4.78, 5) is 10.8. The fourth-order valence-electron chi connectivity index (χ4n) is 1.60. The molecule has 0 atom stereocenters. The minimum absolute atomic E-state index is 0.136. The molecule has 0 heterocycles. The number of carbonyl (C=O) groups excluding carboxylic acids is 1. The number of alkyl halides is 3. The molecule has 1 aromatic carbocycles. The summed E-state index contributed by atoms with van der Waals surface area (Å²) in [6.45, 7) is 1.10. The molecule has 0 aliphatic heterocycles. The lowest BCUT2D eigenvalue weighted by atomic mass is 10.1. The zero-order valence-electron chi connectivity index (χ0n) is 10.5. The standard InChI is InChI=1S/C13H17F3N2O/c14-13(15,16)7-1-2-8-18-9-10-3-5-11(6-4-10)12(17)19/h3-6,18H,1-2,7-9H2,(H2,17,19). The van der Waals surface area contributed by atoms with E-state index in [1.165, 1.54) is 0 Å². The minimum Gasteiger partial charge on any atom is -0.366 e. The smallest absolute Gasteiger partial charge is 0.366 e. The van der Waals surface area contributed by atoms with Crippen LogP contribution in [-0.2, 0) is 6.54 Å². The Kier molecular flexibility index (Phi) is 5.82. The maximum absolute atomic E-state index is 11.9. The number of nitrogens with two attached hydrogens (primary N) is 1. The first kappa shape index (κ1) is 15.5. The third-order valence-electron chi connectivity index (χ3n) is 2.63. The molecular weight excluding hydrogens is 257 g/mol. The molecule has 0 aliphatic carbocycles. The molecule has 3 N–H and O–H groups in total. The molecular formula is C13H17F3N2O. The van der Waals surface area contributed by atoms with Gasteiger partial charge >= 0.3 is 6.18 Å². The van der Waals surface area contributed by atoms with Crippen LogP contribution in [0.4, 0.5) is 13.2 Å². The summed E-state index contributed by atoms with van der Waals surface area (Å²) >= 11 is 0. The Morgan fingerprint density at radius 1 is 1.16 bits per heavy atom. The van der Waals surface area contributed by atoms with Gasteiger partial charge in [-0.3, -0.25) is 4.79 Å². The van der Waals surface area contributed by atoms with Crippen LogP contribution in [0.1, 0.15) is 35.2 Å². The maximum Gasteiger partial charge on any atom is 0.389 e. The van der Waals surface area contributed by atoms with Gasteiger partial charge in [-0.05, 0) is 37.1 Å². The van der Waals surface area contributed by atoms with Crippen molar-refractivity contribution in [3.05, 3.63) is 35.4 Å². The monoisotopic (exact) mass is 274 g/mol. The zero-order chi connectivity index (χ0) is 14.3. The third kappa shape index (κ3) is 6.81. The third-order valence-corrected chi connectivity index (χ3v) is 2.63. The van der Waals surface area contributed by atoms with Crippen molar-refractivity contribution in [2.24, 2.45) is 5.73 Å². The summed E-state index contributed by atoms with van der Waals surface area (Å²) in [5.74, 6) is -0.480. The van der Waals surface area contributed by atoms with Crippen LogP contribution >= 0.6 is 0 Å². The molecule has 0 saturated carbocycles. The molecule has 0 radical (unpaired) electrons. The van der Waals surface area contributed by atoms with Gasteiger partial charge in [0, 0.05) is 18.5 Å². The first-order valence-electron chi connectivity index (χ1n) is 6.05. The average Bonchev–Trinajstić information content (AvgIpc) is 2.33. The summed E-state index contributed by atoms with van der Waals surface area (Å²) in [6, 6.07) is 6.79. The molecule has 19 heavy (non-hydrogen) atoms. The number of rotatable bonds is 7. The highest BCUT2D eigenvalue weighted by Crippen LogP contribution is 2.21. The number of halogens is 3. The summed E-state index contributed by atoms with van der Waals surface area (Å²) in [6.07, 6.45) is -4.18. The summed E-state index contributed by atoms with van der Waals surface area (Å²) in [7, 11) is 0. The van der Waals surface area contributed by atoms with E-state index in [0.29, 0.717) is 25.1 Å². The van der Waals surface area contributed by atoms with Crippen LogP contribution in [0.2, 0.25) is 0 Å². The normalized spacial score (nSPS) is 11.5. The topological polar surface area (TPSA) is 55.1 Å². The Balaban J connectivity index is 2.17. The molecule has 0 aliphatic rings. The van der Waals surface area contributed by atoms with Gasteiger partial charge < -0.3 is 11.1 Å². The lowest BCUT2D eigenvalue weighted by Crippen LogP contribution is -2.16. The highest BCUT2D eigenvalue weighted by Gasteiger charge is 2.25. The second-order valence-electron chi connectivity index (χ2n) is 4.31. The molecule has 0 fully saturated rings. The minimum atomic E-state index is -4.06. The van der Waals surface area contributed by atoms with E-state index in [0.717, 1.165) is 5.56 Å². The molecule has 0 spiro atoms. The van der Waals surface area contributed by atoms with E-state index in [1.807, 2.05) is 0 Å². The number of hydrogen-bond donors (Lipinski definition) is 2. The van der Waals surface area contributed by atoms with Crippen molar-refractivity contribution in [2.45, 2.75) is 32.0 Å². The van der Waals surface area contributed by atoms with Gasteiger partial charge in [0.25, 0.3) is 0 Å². The molecule has 1 amide bonds. The summed E-state index contributed by atoms with van der Waals surface area (Å²) < 4.78 is 35.6. The van der Waals surface area contributed by atoms with E-state index in [-0.39, 0.29) is 6.42 Å². The van der Waals surface area contributed by atoms with E-state index in [4.69, 9.17) is 5.73 Å². The van der Waals surface area contributed by atoms with Crippen molar-refractivity contribution in [3.63, 3.8) is 0 Å². The number of unbranched alkanes of at least 4 members (excludes halogenated alkanes) is 1. The summed E-state index contributed by atoms with van der Waals surface area (Å²) in [5.41, 5.74) is 6.51. The average molecular weight is 274 g/mol. The lowest BCUT2D eigenvalue weighted by molar-refractivity contribution is -0.135. The first-order chi connectivity index (χ1) is 8.88. The van der Waals surface area contributed by atoms with E-state index >= 15 is 0 Å². The van der Waals surface area contributed by atoms with Crippen LogP contribution in [0, 0.1) is 0 Å². The van der Waals surface area contributed by atoms with Crippen LogP contribution in [0.15, 0.2) is 24.3 Å². The predicted octanol–water partition coefficient (Wildman–Crippen LogP) is 2.61. The quantitative estimate of drug-likeness (QED) is 0.751. The molecule has 6 heteroatoms. The van der Waals surface area contributed by atoms with Crippen molar-refractivity contribution in [3.8, 4) is 0 Å². The Bertz CT molecular complexity index is 401. The molecule has 1 aromatic rings. The van der Waals surface area contributed by atoms with Crippen molar-refractivity contribution < 1.29 is 18.0 Å². The largest absolute Gasteiger partial charge is 0.389 e. The zero-order valence-corrected chi connectivity index (χ0v) is 10.5. The highest BCUT2D eigenvalue weighted by atomic mass is 19.4. The number of carbonyl (C=O) groups is 1. The van der Waals surface area contributed by atoms with Crippen molar-refractivity contribution in [2.75, 3.05) is 6.54 Å². The van der Waals surface area contributed by atoms with E-state index in [2.05, 4.69) is 5.32 Å². The van der Waals surface area contributed by atoms with Gasteiger partial charge in [0.2, 0.25) is 5.91 Å². The molecule has 3 nitrogen and oxygen atoms in total. The molecule has 0 bridgehead atoms. The molecule has 1 rings (SSSR count). The van der Waals surface area contributed by atoms with Gasteiger partial charge in [0.15, 0.2) is 0 Å². The van der Waals surface area contributed by atoms with Crippen LogP contribution in [0.25, 0.3) is 0 Å². The van der Waals surface area contributed by atoms with Gasteiger partial charge in [-0.15, -0.1) is 0 Å². The van der Waals surface area contributed by atoms with Gasteiger partial charge in [0.1, 0.15) is 0 Å². The number of primary amides is 1. The Morgan fingerprint density at radius 3 is 2.32 bits per heavy atom. The fraction of sp³-hybridized carbons (Fsp3) is 0.462. The first-order valence-corrected chi connectivity index (χ1v) is 6.05. The van der Waals surface area contributed by atoms with Gasteiger partial charge in [-0.25, -0.2) is 0 Å². The predicted molar refractivity (Wildman–Crippen MR) is 66.6 cm³/mol. The van der Waals surface area contributed by atoms with Gasteiger partial charge in [-0.1, -0.05) is 12.1 Å². The van der Waals surface area contributed by atoms with Gasteiger partial charge in [-0.2, -0.15) is 13.2 Å². The van der Waals surface area contributed by atoms with E-state index in [1.54, 1.807) is 24.3 Å².